The fraction of sp³-hybridized carbons (Fsp3) is 0.810. The Morgan fingerprint density at radius 1 is 1.16 bits per heavy atom. The second kappa shape index (κ2) is 7.50. The zero-order valence-electron chi connectivity index (χ0n) is 16.2. The Morgan fingerprint density at radius 2 is 1.92 bits per heavy atom. The molecule has 138 valence electrons. The van der Waals surface area contributed by atoms with Crippen LogP contribution in [0.25, 0.3) is 0 Å². The van der Waals surface area contributed by atoms with E-state index in [9.17, 15) is 5.26 Å². The van der Waals surface area contributed by atoms with Crippen molar-refractivity contribution in [3.63, 3.8) is 0 Å². The van der Waals surface area contributed by atoms with Crippen LogP contribution >= 0.6 is 0 Å². The fourth-order valence-corrected chi connectivity index (χ4v) is 4.76. The molecular formula is C21H34N4. The Labute approximate surface area is 153 Å². The lowest BCUT2D eigenvalue weighted by Gasteiger charge is -2.49. The highest BCUT2D eigenvalue weighted by molar-refractivity contribution is 5.58. The van der Waals surface area contributed by atoms with E-state index in [0.717, 1.165) is 38.9 Å². The Kier molecular flexibility index (Phi) is 5.53. The van der Waals surface area contributed by atoms with Crippen molar-refractivity contribution >= 4 is 6.21 Å². The van der Waals surface area contributed by atoms with Gasteiger partial charge in [0.15, 0.2) is 0 Å². The first kappa shape index (κ1) is 18.5. The quantitative estimate of drug-likeness (QED) is 0.724. The molecule has 0 radical (unpaired) electrons. The molecule has 0 saturated carbocycles. The zero-order valence-corrected chi connectivity index (χ0v) is 16.2. The minimum absolute atomic E-state index is 0.194. The molecule has 4 heteroatoms. The normalized spacial score (nSPS) is 29.8. The molecule has 0 N–H and O–H groups in total. The van der Waals surface area contributed by atoms with E-state index in [-0.39, 0.29) is 10.8 Å². The standard InChI is InChI=1S/C21H34N4/c1-20(2,3)21(9-12-22)10-15-24(16-11-21)17-18-5-7-19(8-6-18)25-14-4-13-23-25/h5,7,13,18-19H,4,6,8-11,14-17H2,1-3H3. The van der Waals surface area contributed by atoms with Crippen LogP contribution in [-0.4, -0.2) is 48.3 Å². The fourth-order valence-electron chi connectivity index (χ4n) is 4.76. The number of likely N-dealkylation sites (tertiary alicyclic amines) is 1. The molecule has 2 atom stereocenters. The van der Waals surface area contributed by atoms with Gasteiger partial charge in [0.2, 0.25) is 0 Å². The Bertz CT molecular complexity index is 543. The van der Waals surface area contributed by atoms with Gasteiger partial charge in [0.05, 0.1) is 12.1 Å². The number of hydrogen-bond acceptors (Lipinski definition) is 4. The van der Waals surface area contributed by atoms with Gasteiger partial charge in [-0.3, -0.25) is 5.01 Å². The second-order valence-corrected chi connectivity index (χ2v) is 9.21. The van der Waals surface area contributed by atoms with Crippen LogP contribution in [0.2, 0.25) is 0 Å². The van der Waals surface area contributed by atoms with Gasteiger partial charge >= 0.3 is 0 Å². The summed E-state index contributed by atoms with van der Waals surface area (Å²) < 4.78 is 0. The predicted octanol–water partition coefficient (Wildman–Crippen LogP) is 4.05. The molecule has 3 aliphatic rings. The zero-order chi connectivity index (χ0) is 17.9. The van der Waals surface area contributed by atoms with Crippen LogP contribution in [0.5, 0.6) is 0 Å². The Morgan fingerprint density at radius 3 is 2.44 bits per heavy atom. The highest BCUT2D eigenvalue weighted by atomic mass is 15.5. The molecule has 4 nitrogen and oxygen atoms in total. The molecule has 1 fully saturated rings. The van der Waals surface area contributed by atoms with E-state index in [0.29, 0.717) is 18.4 Å². The monoisotopic (exact) mass is 342 g/mol. The molecule has 0 bridgehead atoms. The van der Waals surface area contributed by atoms with Gasteiger partial charge in [-0.25, -0.2) is 0 Å². The van der Waals surface area contributed by atoms with E-state index in [1.807, 2.05) is 6.21 Å². The van der Waals surface area contributed by atoms with Gasteiger partial charge in [0, 0.05) is 32.1 Å². The third-order valence-electron chi connectivity index (χ3n) is 6.85. The van der Waals surface area contributed by atoms with Crippen molar-refractivity contribution in [2.75, 3.05) is 26.2 Å². The van der Waals surface area contributed by atoms with Crippen molar-refractivity contribution in [3.05, 3.63) is 12.2 Å². The van der Waals surface area contributed by atoms with Gasteiger partial charge in [-0.15, -0.1) is 0 Å². The largest absolute Gasteiger partial charge is 0.303 e. The number of rotatable bonds is 4. The molecule has 0 amide bonds. The molecule has 0 aromatic heterocycles. The maximum Gasteiger partial charge on any atom is 0.0651 e. The van der Waals surface area contributed by atoms with Crippen LogP contribution in [-0.2, 0) is 0 Å². The molecule has 2 aliphatic heterocycles. The maximum absolute atomic E-state index is 9.30. The van der Waals surface area contributed by atoms with E-state index in [1.165, 1.54) is 19.4 Å². The molecule has 2 unspecified atom stereocenters. The van der Waals surface area contributed by atoms with Crippen molar-refractivity contribution in [3.8, 4) is 6.07 Å². The SMILES string of the molecule is CC(C)(C)C1(CC#N)CCN(CC2C=CC(N3CCC=N3)CC2)CC1. The summed E-state index contributed by atoms with van der Waals surface area (Å²) in [6.07, 6.45) is 13.5. The van der Waals surface area contributed by atoms with E-state index in [1.54, 1.807) is 0 Å². The molecule has 2 heterocycles. The molecular weight excluding hydrogens is 308 g/mol. The van der Waals surface area contributed by atoms with Gasteiger partial charge in [0.25, 0.3) is 0 Å². The number of hydrogen-bond donors (Lipinski definition) is 0. The minimum Gasteiger partial charge on any atom is -0.303 e. The lowest BCUT2D eigenvalue weighted by molar-refractivity contribution is 0.00612. The first-order chi connectivity index (χ1) is 11.9. The minimum atomic E-state index is 0.194. The number of nitrogens with zero attached hydrogens (tertiary/aromatic N) is 4. The van der Waals surface area contributed by atoms with Gasteiger partial charge < -0.3 is 4.90 Å². The van der Waals surface area contributed by atoms with E-state index < -0.39 is 0 Å². The average molecular weight is 343 g/mol. The topological polar surface area (TPSA) is 42.6 Å². The van der Waals surface area contributed by atoms with Gasteiger partial charge in [-0.1, -0.05) is 32.9 Å². The number of piperidine rings is 1. The Balaban J connectivity index is 1.50. The van der Waals surface area contributed by atoms with Crippen molar-refractivity contribution in [1.82, 2.24) is 9.91 Å². The molecule has 0 spiro atoms. The summed E-state index contributed by atoms with van der Waals surface area (Å²) in [5, 5.41) is 16.0. The van der Waals surface area contributed by atoms with Crippen molar-refractivity contribution in [1.29, 1.82) is 5.26 Å². The molecule has 1 saturated heterocycles. The van der Waals surface area contributed by atoms with Crippen LogP contribution in [0.1, 0.15) is 59.3 Å². The summed E-state index contributed by atoms with van der Waals surface area (Å²) in [7, 11) is 0. The highest BCUT2D eigenvalue weighted by Gasteiger charge is 2.43. The average Bonchev–Trinajstić information content (AvgIpc) is 3.11. The second-order valence-electron chi connectivity index (χ2n) is 9.21. The predicted molar refractivity (Wildman–Crippen MR) is 103 cm³/mol. The summed E-state index contributed by atoms with van der Waals surface area (Å²) in [5.74, 6) is 0.681. The van der Waals surface area contributed by atoms with E-state index in [4.69, 9.17) is 0 Å². The number of hydrazone groups is 1. The maximum atomic E-state index is 9.30. The van der Waals surface area contributed by atoms with Crippen LogP contribution < -0.4 is 0 Å². The third-order valence-corrected chi connectivity index (χ3v) is 6.85. The van der Waals surface area contributed by atoms with Crippen LogP contribution in [0.15, 0.2) is 17.3 Å². The first-order valence-electron chi connectivity index (χ1n) is 10.0. The molecule has 3 rings (SSSR count). The van der Waals surface area contributed by atoms with Crippen LogP contribution in [0.4, 0.5) is 0 Å². The van der Waals surface area contributed by atoms with Crippen LogP contribution in [0, 0.1) is 28.1 Å². The van der Waals surface area contributed by atoms with E-state index in [2.05, 4.69) is 54.0 Å². The van der Waals surface area contributed by atoms with Crippen molar-refractivity contribution in [2.24, 2.45) is 21.8 Å². The molecule has 1 aliphatic carbocycles. The van der Waals surface area contributed by atoms with E-state index >= 15 is 0 Å². The first-order valence-corrected chi connectivity index (χ1v) is 10.0. The lowest BCUT2D eigenvalue weighted by Crippen LogP contribution is -2.47. The molecule has 0 aromatic rings. The number of nitriles is 1. The lowest BCUT2D eigenvalue weighted by atomic mass is 9.60. The smallest absolute Gasteiger partial charge is 0.0651 e. The van der Waals surface area contributed by atoms with Crippen molar-refractivity contribution < 1.29 is 0 Å². The van der Waals surface area contributed by atoms with Gasteiger partial charge in [-0.05, 0) is 55.5 Å². The van der Waals surface area contributed by atoms with Gasteiger partial charge in [0.1, 0.15) is 0 Å². The highest BCUT2D eigenvalue weighted by Crippen LogP contribution is 2.49. The van der Waals surface area contributed by atoms with Crippen LogP contribution in [0.3, 0.4) is 0 Å². The summed E-state index contributed by atoms with van der Waals surface area (Å²) in [5.41, 5.74) is 0.405. The summed E-state index contributed by atoms with van der Waals surface area (Å²) in [6.45, 7) is 11.5. The third kappa shape index (κ3) is 4.08. The molecule has 0 aromatic carbocycles. The molecule has 25 heavy (non-hydrogen) atoms. The summed E-state index contributed by atoms with van der Waals surface area (Å²) in [4.78, 5) is 2.63. The van der Waals surface area contributed by atoms with Gasteiger partial charge in [-0.2, -0.15) is 10.4 Å². The summed E-state index contributed by atoms with van der Waals surface area (Å²) in [6, 6.07) is 2.98. The Hall–Kier alpha value is -1.34. The summed E-state index contributed by atoms with van der Waals surface area (Å²) >= 11 is 0. The van der Waals surface area contributed by atoms with Crippen molar-refractivity contribution in [2.45, 2.75) is 65.3 Å².